The van der Waals surface area contributed by atoms with Crippen molar-refractivity contribution < 1.29 is 18.3 Å². The zero-order valence-electron chi connectivity index (χ0n) is 13.3. The Kier molecular flexibility index (Phi) is 5.32. The lowest BCUT2D eigenvalue weighted by atomic mass is 10.0. The average Bonchev–Trinajstić information content (AvgIpc) is 2.49. The first-order valence-corrected chi connectivity index (χ1v) is 7.41. The smallest absolute Gasteiger partial charge is 0.254 e. The maximum absolute atomic E-state index is 13.7. The molecule has 0 aliphatic rings. The maximum atomic E-state index is 13.7. The van der Waals surface area contributed by atoms with Gasteiger partial charge in [-0.15, -0.1) is 0 Å². The van der Waals surface area contributed by atoms with E-state index >= 15 is 0 Å². The van der Waals surface area contributed by atoms with Crippen LogP contribution in [0.5, 0.6) is 5.75 Å². The molecule has 0 aliphatic carbocycles. The van der Waals surface area contributed by atoms with Gasteiger partial charge in [0.25, 0.3) is 5.91 Å². The molecule has 5 heteroatoms. The number of carbonyl (C=O) groups is 1. The van der Waals surface area contributed by atoms with Gasteiger partial charge in [-0.3, -0.25) is 4.79 Å². The van der Waals surface area contributed by atoms with Crippen LogP contribution in [0.1, 0.15) is 41.4 Å². The lowest BCUT2D eigenvalue weighted by Crippen LogP contribution is -2.28. The molecule has 0 aromatic heterocycles. The molecule has 2 aromatic carbocycles. The van der Waals surface area contributed by atoms with Gasteiger partial charge in [-0.05, 0) is 39.0 Å². The summed E-state index contributed by atoms with van der Waals surface area (Å²) < 4.78 is 32.2. The molecule has 0 radical (unpaired) electrons. The van der Waals surface area contributed by atoms with E-state index in [4.69, 9.17) is 4.74 Å². The molecule has 0 saturated carbocycles. The van der Waals surface area contributed by atoms with Crippen LogP contribution in [0.25, 0.3) is 0 Å². The number of benzene rings is 2. The van der Waals surface area contributed by atoms with E-state index in [9.17, 15) is 13.6 Å². The zero-order valence-corrected chi connectivity index (χ0v) is 13.3. The van der Waals surface area contributed by atoms with Crippen LogP contribution in [0.15, 0.2) is 36.4 Å². The van der Waals surface area contributed by atoms with Gasteiger partial charge in [-0.1, -0.05) is 17.7 Å². The molecule has 23 heavy (non-hydrogen) atoms. The Hall–Kier alpha value is -2.43. The minimum Gasteiger partial charge on any atom is -0.494 e. The first-order chi connectivity index (χ1) is 10.9. The van der Waals surface area contributed by atoms with Gasteiger partial charge >= 0.3 is 0 Å². The highest BCUT2D eigenvalue weighted by molar-refractivity contribution is 5.94. The molecule has 0 bridgehead atoms. The fourth-order valence-corrected chi connectivity index (χ4v) is 2.32. The van der Waals surface area contributed by atoms with E-state index in [1.165, 1.54) is 0 Å². The third kappa shape index (κ3) is 4.06. The van der Waals surface area contributed by atoms with Crippen LogP contribution < -0.4 is 10.1 Å². The van der Waals surface area contributed by atoms with E-state index in [1.807, 2.05) is 32.0 Å². The summed E-state index contributed by atoms with van der Waals surface area (Å²) in [7, 11) is 0. The summed E-state index contributed by atoms with van der Waals surface area (Å²) in [4.78, 5) is 12.2. The van der Waals surface area contributed by atoms with Crippen molar-refractivity contribution in [2.75, 3.05) is 6.61 Å². The fourth-order valence-electron chi connectivity index (χ4n) is 2.32. The monoisotopic (exact) mass is 319 g/mol. The Morgan fingerprint density at radius 1 is 1.22 bits per heavy atom. The van der Waals surface area contributed by atoms with Gasteiger partial charge in [-0.25, -0.2) is 8.78 Å². The molecule has 3 nitrogen and oxygen atoms in total. The molecule has 2 aromatic rings. The normalized spacial score (nSPS) is 11.9. The lowest BCUT2D eigenvalue weighted by Gasteiger charge is -2.19. The summed E-state index contributed by atoms with van der Waals surface area (Å²) in [6, 6.07) is 8.17. The number of amides is 1. The predicted molar refractivity (Wildman–Crippen MR) is 84.6 cm³/mol. The minimum absolute atomic E-state index is 0.191. The second-order valence-electron chi connectivity index (χ2n) is 5.29. The van der Waals surface area contributed by atoms with Crippen molar-refractivity contribution in [2.24, 2.45) is 0 Å². The van der Waals surface area contributed by atoms with E-state index in [2.05, 4.69) is 5.32 Å². The Morgan fingerprint density at radius 2 is 1.96 bits per heavy atom. The summed E-state index contributed by atoms with van der Waals surface area (Å²) in [5.74, 6) is -1.53. The van der Waals surface area contributed by atoms with Gasteiger partial charge in [0.1, 0.15) is 17.4 Å². The highest BCUT2D eigenvalue weighted by Crippen LogP contribution is 2.27. The lowest BCUT2D eigenvalue weighted by molar-refractivity contribution is 0.0935. The molecule has 1 amide bonds. The highest BCUT2D eigenvalue weighted by atomic mass is 19.1. The van der Waals surface area contributed by atoms with Crippen LogP contribution in [0.4, 0.5) is 8.78 Å². The van der Waals surface area contributed by atoms with Crippen molar-refractivity contribution in [2.45, 2.75) is 26.8 Å². The number of aryl methyl sites for hydroxylation is 1. The maximum Gasteiger partial charge on any atom is 0.254 e. The Labute approximate surface area is 134 Å². The number of ether oxygens (including phenoxy) is 1. The Bertz CT molecular complexity index is 716. The van der Waals surface area contributed by atoms with E-state index in [0.717, 1.165) is 23.3 Å². The molecule has 0 heterocycles. The van der Waals surface area contributed by atoms with Gasteiger partial charge < -0.3 is 10.1 Å². The van der Waals surface area contributed by atoms with Gasteiger partial charge in [0.15, 0.2) is 0 Å². The standard InChI is InChI=1S/C18H19F2NO2/c1-4-23-17-8-5-11(2)9-15(17)12(3)21-18(22)14-7-6-13(19)10-16(14)20/h5-10,12H,4H2,1-3H3,(H,21,22). The average molecular weight is 319 g/mol. The van der Waals surface area contributed by atoms with Gasteiger partial charge in [0, 0.05) is 11.6 Å². The predicted octanol–water partition coefficient (Wildman–Crippen LogP) is 4.16. The van der Waals surface area contributed by atoms with E-state index in [1.54, 1.807) is 6.92 Å². The number of carbonyl (C=O) groups excluding carboxylic acids is 1. The topological polar surface area (TPSA) is 38.3 Å². The van der Waals surface area contributed by atoms with Crippen LogP contribution in [0, 0.1) is 18.6 Å². The molecule has 122 valence electrons. The van der Waals surface area contributed by atoms with Crippen molar-refractivity contribution in [1.29, 1.82) is 0 Å². The second-order valence-corrected chi connectivity index (χ2v) is 5.29. The first kappa shape index (κ1) is 16.9. The van der Waals surface area contributed by atoms with Crippen LogP contribution in [-0.2, 0) is 0 Å². The molecular weight excluding hydrogens is 300 g/mol. The number of rotatable bonds is 5. The molecule has 0 saturated heterocycles. The van der Waals surface area contributed by atoms with Crippen LogP contribution in [0.2, 0.25) is 0 Å². The second kappa shape index (κ2) is 7.22. The molecule has 0 spiro atoms. The SMILES string of the molecule is CCOc1ccc(C)cc1C(C)NC(=O)c1ccc(F)cc1F. The third-order valence-corrected chi connectivity index (χ3v) is 3.45. The summed E-state index contributed by atoms with van der Waals surface area (Å²) in [5.41, 5.74) is 1.64. The molecule has 2 rings (SSSR count). The quantitative estimate of drug-likeness (QED) is 0.898. The Balaban J connectivity index is 2.23. The largest absolute Gasteiger partial charge is 0.494 e. The fraction of sp³-hybridized carbons (Fsp3) is 0.278. The Morgan fingerprint density at radius 3 is 2.61 bits per heavy atom. The number of halogens is 2. The van der Waals surface area contributed by atoms with Crippen molar-refractivity contribution in [3.63, 3.8) is 0 Å². The highest BCUT2D eigenvalue weighted by Gasteiger charge is 2.18. The molecule has 0 aliphatic heterocycles. The number of nitrogens with one attached hydrogen (secondary N) is 1. The van der Waals surface area contributed by atoms with Crippen molar-refractivity contribution >= 4 is 5.91 Å². The number of hydrogen-bond donors (Lipinski definition) is 1. The third-order valence-electron chi connectivity index (χ3n) is 3.45. The summed E-state index contributed by atoms with van der Waals surface area (Å²) in [6.45, 7) is 6.11. The van der Waals surface area contributed by atoms with Crippen LogP contribution in [0.3, 0.4) is 0 Å². The van der Waals surface area contributed by atoms with Crippen LogP contribution >= 0.6 is 0 Å². The summed E-state index contributed by atoms with van der Waals surface area (Å²) in [6.07, 6.45) is 0. The molecule has 0 fully saturated rings. The van der Waals surface area contributed by atoms with Gasteiger partial charge in [0.05, 0.1) is 18.2 Å². The summed E-state index contributed by atoms with van der Waals surface area (Å²) in [5, 5.41) is 2.72. The summed E-state index contributed by atoms with van der Waals surface area (Å²) >= 11 is 0. The van der Waals surface area contributed by atoms with Crippen molar-refractivity contribution in [3.05, 3.63) is 64.7 Å². The minimum atomic E-state index is -0.885. The van der Waals surface area contributed by atoms with Crippen molar-refractivity contribution in [3.8, 4) is 5.75 Å². The van der Waals surface area contributed by atoms with Gasteiger partial charge in [0.2, 0.25) is 0 Å². The van der Waals surface area contributed by atoms with E-state index in [0.29, 0.717) is 18.4 Å². The van der Waals surface area contributed by atoms with E-state index in [-0.39, 0.29) is 11.6 Å². The first-order valence-electron chi connectivity index (χ1n) is 7.41. The molecule has 1 atom stereocenters. The molecule has 1 N–H and O–H groups in total. The number of hydrogen-bond acceptors (Lipinski definition) is 2. The zero-order chi connectivity index (χ0) is 17.0. The van der Waals surface area contributed by atoms with Crippen molar-refractivity contribution in [1.82, 2.24) is 5.32 Å². The van der Waals surface area contributed by atoms with Gasteiger partial charge in [-0.2, -0.15) is 0 Å². The van der Waals surface area contributed by atoms with Crippen LogP contribution in [-0.4, -0.2) is 12.5 Å². The van der Waals surface area contributed by atoms with E-state index < -0.39 is 17.5 Å². The molecular formula is C18H19F2NO2. The molecule has 1 unspecified atom stereocenters.